The summed E-state index contributed by atoms with van der Waals surface area (Å²) >= 11 is 0. The van der Waals surface area contributed by atoms with Crippen LogP contribution in [0.5, 0.6) is 5.75 Å². The van der Waals surface area contributed by atoms with Crippen LogP contribution in [-0.4, -0.2) is 58.4 Å². The molecule has 1 aromatic rings. The van der Waals surface area contributed by atoms with E-state index in [-0.39, 0.29) is 29.9 Å². The summed E-state index contributed by atoms with van der Waals surface area (Å²) in [6.07, 6.45) is 10.1. The Morgan fingerprint density at radius 1 is 1.08 bits per heavy atom. The molecule has 4 rings (SSSR count). The highest BCUT2D eigenvalue weighted by molar-refractivity contribution is 5.89. The lowest BCUT2D eigenvalue weighted by Crippen LogP contribution is -2.48. The SMILES string of the molecule is O=C([C@@H]1C[C@H](Oc2cccnc2)CN1C(=O)C1CCCC1)N1CCCC1. The van der Waals surface area contributed by atoms with E-state index in [1.165, 1.54) is 0 Å². The molecule has 0 radical (unpaired) electrons. The molecule has 6 heteroatoms. The molecule has 0 aromatic carbocycles. The van der Waals surface area contributed by atoms with Crippen molar-refractivity contribution >= 4 is 11.8 Å². The summed E-state index contributed by atoms with van der Waals surface area (Å²) in [4.78, 5) is 33.9. The summed E-state index contributed by atoms with van der Waals surface area (Å²) in [6, 6.07) is 3.33. The van der Waals surface area contributed by atoms with E-state index in [1.807, 2.05) is 21.9 Å². The van der Waals surface area contributed by atoms with Gasteiger partial charge in [-0.3, -0.25) is 14.6 Å². The maximum Gasteiger partial charge on any atom is 0.245 e. The summed E-state index contributed by atoms with van der Waals surface area (Å²) in [5.74, 6) is 1.03. The molecule has 0 N–H and O–H groups in total. The van der Waals surface area contributed by atoms with Gasteiger partial charge < -0.3 is 14.5 Å². The second kappa shape index (κ2) is 7.64. The lowest BCUT2D eigenvalue weighted by Gasteiger charge is -2.29. The Hall–Kier alpha value is -2.11. The molecule has 2 saturated heterocycles. The summed E-state index contributed by atoms with van der Waals surface area (Å²) in [6.45, 7) is 2.12. The summed E-state index contributed by atoms with van der Waals surface area (Å²) in [5, 5.41) is 0. The molecule has 2 atom stereocenters. The third-order valence-corrected chi connectivity index (χ3v) is 5.89. The monoisotopic (exact) mass is 357 g/mol. The van der Waals surface area contributed by atoms with Crippen LogP contribution >= 0.6 is 0 Å². The third kappa shape index (κ3) is 3.55. The van der Waals surface area contributed by atoms with Gasteiger partial charge in [0.15, 0.2) is 0 Å². The Bertz CT molecular complexity index is 603. The van der Waals surface area contributed by atoms with E-state index in [0.717, 1.165) is 51.6 Å². The highest BCUT2D eigenvalue weighted by Gasteiger charge is 2.44. The van der Waals surface area contributed by atoms with Crippen molar-refractivity contribution in [1.29, 1.82) is 0 Å². The van der Waals surface area contributed by atoms with E-state index < -0.39 is 0 Å². The molecule has 2 aliphatic heterocycles. The van der Waals surface area contributed by atoms with Crippen LogP contribution in [0.15, 0.2) is 24.5 Å². The topological polar surface area (TPSA) is 62.7 Å². The van der Waals surface area contributed by atoms with Gasteiger partial charge in [-0.1, -0.05) is 12.8 Å². The molecular formula is C20H27N3O3. The molecule has 3 heterocycles. The molecule has 26 heavy (non-hydrogen) atoms. The van der Waals surface area contributed by atoms with E-state index in [9.17, 15) is 9.59 Å². The zero-order valence-electron chi connectivity index (χ0n) is 15.2. The number of nitrogens with zero attached hydrogens (tertiary/aromatic N) is 3. The van der Waals surface area contributed by atoms with E-state index in [2.05, 4.69) is 4.98 Å². The van der Waals surface area contributed by atoms with Gasteiger partial charge in [-0.05, 0) is 37.8 Å². The first-order valence-electron chi connectivity index (χ1n) is 9.88. The lowest BCUT2D eigenvalue weighted by molar-refractivity contribution is -0.145. The molecule has 0 spiro atoms. The number of aromatic nitrogens is 1. The van der Waals surface area contributed by atoms with Crippen LogP contribution < -0.4 is 4.74 Å². The second-order valence-electron chi connectivity index (χ2n) is 7.68. The largest absolute Gasteiger partial charge is 0.487 e. The van der Waals surface area contributed by atoms with Crippen molar-refractivity contribution in [3.8, 4) is 5.75 Å². The van der Waals surface area contributed by atoms with Crippen LogP contribution in [0, 0.1) is 5.92 Å². The van der Waals surface area contributed by atoms with Gasteiger partial charge >= 0.3 is 0 Å². The number of rotatable bonds is 4. The molecule has 1 aliphatic carbocycles. The minimum atomic E-state index is -0.372. The molecule has 3 fully saturated rings. The number of pyridine rings is 1. The van der Waals surface area contributed by atoms with Crippen molar-refractivity contribution in [2.75, 3.05) is 19.6 Å². The predicted octanol–water partition coefficient (Wildman–Crippen LogP) is 2.24. The van der Waals surface area contributed by atoms with Gasteiger partial charge in [-0.25, -0.2) is 0 Å². The van der Waals surface area contributed by atoms with Crippen molar-refractivity contribution < 1.29 is 14.3 Å². The third-order valence-electron chi connectivity index (χ3n) is 5.89. The standard InChI is InChI=1S/C20H27N3O3/c24-19(15-6-1-2-7-15)23-14-17(26-16-8-5-9-21-13-16)12-18(23)20(25)22-10-3-4-11-22/h5,8-9,13,15,17-18H,1-4,6-7,10-12,14H2/t17-,18-/m0/s1. The number of hydrogen-bond acceptors (Lipinski definition) is 4. The summed E-state index contributed by atoms with van der Waals surface area (Å²) in [5.41, 5.74) is 0. The number of ether oxygens (including phenoxy) is 1. The van der Waals surface area contributed by atoms with Crippen LogP contribution in [0.1, 0.15) is 44.9 Å². The van der Waals surface area contributed by atoms with E-state index in [1.54, 1.807) is 12.4 Å². The fourth-order valence-electron chi connectivity index (χ4n) is 4.53. The fourth-order valence-corrected chi connectivity index (χ4v) is 4.53. The number of hydrogen-bond donors (Lipinski definition) is 0. The first-order chi connectivity index (χ1) is 12.7. The minimum Gasteiger partial charge on any atom is -0.487 e. The van der Waals surface area contributed by atoms with Crippen molar-refractivity contribution in [3.05, 3.63) is 24.5 Å². The molecule has 0 bridgehead atoms. The quantitative estimate of drug-likeness (QED) is 0.829. The van der Waals surface area contributed by atoms with Gasteiger partial charge in [0, 0.05) is 31.6 Å². The zero-order valence-corrected chi connectivity index (χ0v) is 15.2. The Morgan fingerprint density at radius 3 is 2.54 bits per heavy atom. The number of likely N-dealkylation sites (tertiary alicyclic amines) is 2. The Kier molecular flexibility index (Phi) is 5.09. The van der Waals surface area contributed by atoms with Gasteiger partial charge in [0.2, 0.25) is 11.8 Å². The fraction of sp³-hybridized carbons (Fsp3) is 0.650. The minimum absolute atomic E-state index is 0.0843. The van der Waals surface area contributed by atoms with Crippen LogP contribution in [0.25, 0.3) is 0 Å². The maximum absolute atomic E-state index is 13.1. The molecule has 1 saturated carbocycles. The van der Waals surface area contributed by atoms with Crippen molar-refractivity contribution in [1.82, 2.24) is 14.8 Å². The maximum atomic E-state index is 13.1. The van der Waals surface area contributed by atoms with E-state index in [0.29, 0.717) is 18.7 Å². The number of amides is 2. The molecule has 0 unspecified atom stereocenters. The lowest BCUT2D eigenvalue weighted by atomic mass is 10.1. The molecule has 6 nitrogen and oxygen atoms in total. The Morgan fingerprint density at radius 2 is 1.85 bits per heavy atom. The highest BCUT2D eigenvalue weighted by Crippen LogP contribution is 2.32. The Labute approximate surface area is 154 Å². The van der Waals surface area contributed by atoms with Gasteiger partial charge in [-0.15, -0.1) is 0 Å². The second-order valence-corrected chi connectivity index (χ2v) is 7.68. The predicted molar refractivity (Wildman–Crippen MR) is 96.5 cm³/mol. The summed E-state index contributed by atoms with van der Waals surface area (Å²) in [7, 11) is 0. The van der Waals surface area contributed by atoms with Gasteiger partial charge in [0.1, 0.15) is 17.9 Å². The van der Waals surface area contributed by atoms with Crippen molar-refractivity contribution in [2.24, 2.45) is 5.92 Å². The number of carbonyl (C=O) groups excluding carboxylic acids is 2. The van der Waals surface area contributed by atoms with Crippen LogP contribution in [-0.2, 0) is 9.59 Å². The van der Waals surface area contributed by atoms with Crippen molar-refractivity contribution in [3.63, 3.8) is 0 Å². The van der Waals surface area contributed by atoms with Crippen LogP contribution in [0.4, 0.5) is 0 Å². The molecule has 1 aromatic heterocycles. The average Bonchev–Trinajstić information content (AvgIpc) is 3.42. The molecular weight excluding hydrogens is 330 g/mol. The first kappa shape index (κ1) is 17.3. The Balaban J connectivity index is 1.49. The molecule has 140 valence electrons. The zero-order chi connectivity index (χ0) is 17.9. The van der Waals surface area contributed by atoms with Crippen LogP contribution in [0.2, 0.25) is 0 Å². The van der Waals surface area contributed by atoms with Crippen LogP contribution in [0.3, 0.4) is 0 Å². The van der Waals surface area contributed by atoms with Gasteiger partial charge in [0.05, 0.1) is 12.7 Å². The van der Waals surface area contributed by atoms with Gasteiger partial charge in [0.25, 0.3) is 0 Å². The molecule has 3 aliphatic rings. The highest BCUT2D eigenvalue weighted by atomic mass is 16.5. The normalized spacial score (nSPS) is 26.5. The molecule has 2 amide bonds. The number of carbonyl (C=O) groups is 2. The van der Waals surface area contributed by atoms with E-state index >= 15 is 0 Å². The average molecular weight is 357 g/mol. The van der Waals surface area contributed by atoms with Crippen molar-refractivity contribution in [2.45, 2.75) is 57.1 Å². The first-order valence-corrected chi connectivity index (χ1v) is 9.88. The van der Waals surface area contributed by atoms with E-state index in [4.69, 9.17) is 4.74 Å². The van der Waals surface area contributed by atoms with Gasteiger partial charge in [-0.2, -0.15) is 0 Å². The summed E-state index contributed by atoms with van der Waals surface area (Å²) < 4.78 is 6.03. The smallest absolute Gasteiger partial charge is 0.245 e.